The molecular weight excluding hydrogens is 379 g/mol. The average Bonchev–Trinajstić information content (AvgIpc) is 3.25. The van der Waals surface area contributed by atoms with Gasteiger partial charge in [-0.05, 0) is 0 Å². The molecule has 3 aliphatic heterocycles. The highest BCUT2D eigenvalue weighted by molar-refractivity contribution is 5.81. The van der Waals surface area contributed by atoms with E-state index in [1.165, 1.54) is 12.4 Å². The van der Waals surface area contributed by atoms with E-state index in [4.69, 9.17) is 9.47 Å². The van der Waals surface area contributed by atoms with Gasteiger partial charge in [0.05, 0.1) is 32.2 Å². The Morgan fingerprint density at radius 3 is 2.55 bits per heavy atom. The van der Waals surface area contributed by atoms with E-state index in [1.54, 1.807) is 6.20 Å². The van der Waals surface area contributed by atoms with Crippen molar-refractivity contribution in [2.45, 2.75) is 31.1 Å². The summed E-state index contributed by atoms with van der Waals surface area (Å²) in [6.45, 7) is 4.06. The van der Waals surface area contributed by atoms with Gasteiger partial charge in [-0.2, -0.15) is 0 Å². The molecule has 0 aromatic carbocycles. The fraction of sp³-hybridized carbons (Fsp3) is 0.579. The van der Waals surface area contributed by atoms with Crippen molar-refractivity contribution in [3.63, 3.8) is 0 Å². The number of rotatable bonds is 2. The van der Waals surface area contributed by atoms with Gasteiger partial charge < -0.3 is 23.8 Å². The highest BCUT2D eigenvalue weighted by atomic mass is 19.1. The molecular formula is C19H23FN6O3. The monoisotopic (exact) mass is 402 g/mol. The SMILES string of the molecule is O=C(C1Cn2ccnc2C2(CCN(c3ncc(F)cn3)CC2)O1)N1CCOCC1. The Kier molecular flexibility index (Phi) is 4.67. The molecule has 0 N–H and O–H groups in total. The van der Waals surface area contributed by atoms with Gasteiger partial charge in [0.2, 0.25) is 5.95 Å². The number of halogens is 1. The molecule has 10 heteroatoms. The van der Waals surface area contributed by atoms with Crippen LogP contribution in [0.5, 0.6) is 0 Å². The highest BCUT2D eigenvalue weighted by Gasteiger charge is 2.48. The maximum absolute atomic E-state index is 13.1. The Morgan fingerprint density at radius 1 is 1.10 bits per heavy atom. The number of fused-ring (bicyclic) bond motifs is 2. The molecule has 9 nitrogen and oxygen atoms in total. The highest BCUT2D eigenvalue weighted by Crippen LogP contribution is 2.40. The van der Waals surface area contributed by atoms with Gasteiger partial charge in [-0.3, -0.25) is 4.79 Å². The Morgan fingerprint density at radius 2 is 1.83 bits per heavy atom. The van der Waals surface area contributed by atoms with Crippen molar-refractivity contribution in [3.8, 4) is 0 Å². The lowest BCUT2D eigenvalue weighted by Gasteiger charge is -2.46. The molecule has 0 aliphatic carbocycles. The molecule has 1 spiro atoms. The zero-order chi connectivity index (χ0) is 19.8. The molecule has 2 saturated heterocycles. The van der Waals surface area contributed by atoms with Crippen LogP contribution in [0, 0.1) is 5.82 Å². The molecule has 2 aromatic heterocycles. The largest absolute Gasteiger partial charge is 0.378 e. The average molecular weight is 402 g/mol. The second-order valence-electron chi connectivity index (χ2n) is 7.63. The smallest absolute Gasteiger partial charge is 0.253 e. The molecule has 2 fully saturated rings. The summed E-state index contributed by atoms with van der Waals surface area (Å²) in [5.41, 5.74) is -0.620. The quantitative estimate of drug-likeness (QED) is 0.726. The van der Waals surface area contributed by atoms with Gasteiger partial charge in [0, 0.05) is 51.4 Å². The Hall–Kier alpha value is -2.59. The molecule has 1 unspecified atom stereocenters. The second kappa shape index (κ2) is 7.34. The molecule has 0 saturated carbocycles. The summed E-state index contributed by atoms with van der Waals surface area (Å²) in [6, 6.07) is 0. The summed E-state index contributed by atoms with van der Waals surface area (Å²) in [7, 11) is 0. The zero-order valence-corrected chi connectivity index (χ0v) is 16.0. The van der Waals surface area contributed by atoms with Crippen molar-refractivity contribution in [3.05, 3.63) is 36.4 Å². The molecule has 1 amide bonds. The first-order valence-electron chi connectivity index (χ1n) is 9.93. The fourth-order valence-electron chi connectivity index (χ4n) is 4.39. The number of anilines is 1. The normalized spacial score (nSPS) is 23.8. The predicted octanol–water partition coefficient (Wildman–Crippen LogP) is 0.565. The maximum Gasteiger partial charge on any atom is 0.253 e. The minimum atomic E-state index is -0.620. The zero-order valence-electron chi connectivity index (χ0n) is 16.0. The molecule has 0 bridgehead atoms. The van der Waals surface area contributed by atoms with Crippen LogP contribution < -0.4 is 4.90 Å². The lowest BCUT2D eigenvalue weighted by atomic mass is 9.88. The number of ether oxygens (including phenoxy) is 2. The minimum absolute atomic E-state index is 0.0105. The second-order valence-corrected chi connectivity index (χ2v) is 7.63. The number of carbonyl (C=O) groups is 1. The van der Waals surface area contributed by atoms with Gasteiger partial charge in [0.1, 0.15) is 11.4 Å². The number of hydrogen-bond acceptors (Lipinski definition) is 7. The van der Waals surface area contributed by atoms with Gasteiger partial charge in [-0.15, -0.1) is 0 Å². The first kappa shape index (κ1) is 18.4. The number of hydrogen-bond donors (Lipinski definition) is 0. The van der Waals surface area contributed by atoms with Crippen LogP contribution in [-0.2, 0) is 26.4 Å². The summed E-state index contributed by atoms with van der Waals surface area (Å²) < 4.78 is 27.0. The third-order valence-electron chi connectivity index (χ3n) is 5.91. The summed E-state index contributed by atoms with van der Waals surface area (Å²) >= 11 is 0. The number of morpholine rings is 1. The van der Waals surface area contributed by atoms with E-state index in [-0.39, 0.29) is 5.91 Å². The standard InChI is InChI=1S/C19H23FN6O3/c20-14-11-22-18(23-12-14)25-4-1-19(2-5-25)17-21-3-6-26(17)13-15(29-19)16(27)24-7-9-28-10-8-24/h3,6,11-12,15H,1-2,4-5,7-10,13H2. The first-order chi connectivity index (χ1) is 14.1. The van der Waals surface area contributed by atoms with Crippen LogP contribution in [0.25, 0.3) is 0 Å². The summed E-state index contributed by atoms with van der Waals surface area (Å²) in [5.74, 6) is 0.921. The van der Waals surface area contributed by atoms with Crippen LogP contribution in [0.3, 0.4) is 0 Å². The van der Waals surface area contributed by atoms with Crippen LogP contribution >= 0.6 is 0 Å². The van der Waals surface area contributed by atoms with E-state index in [9.17, 15) is 9.18 Å². The van der Waals surface area contributed by atoms with E-state index >= 15 is 0 Å². The van der Waals surface area contributed by atoms with Crippen LogP contribution in [0.2, 0.25) is 0 Å². The number of piperidine rings is 1. The van der Waals surface area contributed by atoms with E-state index in [1.807, 2.05) is 20.6 Å². The Labute approximate surface area is 167 Å². The predicted molar refractivity (Wildman–Crippen MR) is 99.6 cm³/mol. The maximum atomic E-state index is 13.1. The van der Waals surface area contributed by atoms with Crippen LogP contribution in [-0.4, -0.2) is 75.8 Å². The van der Waals surface area contributed by atoms with Crippen molar-refractivity contribution in [1.29, 1.82) is 0 Å². The van der Waals surface area contributed by atoms with E-state index in [2.05, 4.69) is 15.0 Å². The fourth-order valence-corrected chi connectivity index (χ4v) is 4.39. The van der Waals surface area contributed by atoms with Gasteiger partial charge in [-0.25, -0.2) is 19.3 Å². The molecule has 154 valence electrons. The van der Waals surface area contributed by atoms with Crippen LogP contribution in [0.15, 0.2) is 24.8 Å². The number of carbonyl (C=O) groups excluding carboxylic acids is 1. The third kappa shape index (κ3) is 3.36. The van der Waals surface area contributed by atoms with E-state index in [0.29, 0.717) is 64.7 Å². The molecule has 1 atom stereocenters. The van der Waals surface area contributed by atoms with E-state index in [0.717, 1.165) is 5.82 Å². The van der Waals surface area contributed by atoms with Crippen LogP contribution in [0.1, 0.15) is 18.7 Å². The summed E-state index contributed by atoms with van der Waals surface area (Å²) in [5, 5.41) is 0. The van der Waals surface area contributed by atoms with Gasteiger partial charge in [0.25, 0.3) is 5.91 Å². The van der Waals surface area contributed by atoms with Gasteiger partial charge in [-0.1, -0.05) is 0 Å². The number of aromatic nitrogens is 4. The first-order valence-corrected chi connectivity index (χ1v) is 9.93. The number of imidazole rings is 1. The van der Waals surface area contributed by atoms with Crippen molar-refractivity contribution in [1.82, 2.24) is 24.4 Å². The molecule has 5 heterocycles. The molecule has 3 aliphatic rings. The molecule has 5 rings (SSSR count). The summed E-state index contributed by atoms with van der Waals surface area (Å²) in [6.07, 6.45) is 6.78. The minimum Gasteiger partial charge on any atom is -0.378 e. The Bertz CT molecular complexity index is 874. The van der Waals surface area contributed by atoms with Gasteiger partial charge in [0.15, 0.2) is 11.9 Å². The number of nitrogens with zero attached hydrogens (tertiary/aromatic N) is 6. The van der Waals surface area contributed by atoms with E-state index < -0.39 is 17.5 Å². The lowest BCUT2D eigenvalue weighted by Crippen LogP contribution is -2.56. The topological polar surface area (TPSA) is 85.6 Å². The van der Waals surface area contributed by atoms with Gasteiger partial charge >= 0.3 is 0 Å². The number of amides is 1. The molecule has 0 radical (unpaired) electrons. The van der Waals surface area contributed by atoms with Crippen LogP contribution in [0.4, 0.5) is 10.3 Å². The van der Waals surface area contributed by atoms with Crippen molar-refractivity contribution in [2.75, 3.05) is 44.3 Å². The Balaban J connectivity index is 1.35. The van der Waals surface area contributed by atoms with Crippen molar-refractivity contribution in [2.24, 2.45) is 0 Å². The lowest BCUT2D eigenvalue weighted by molar-refractivity contribution is -0.178. The summed E-state index contributed by atoms with van der Waals surface area (Å²) in [4.78, 5) is 29.6. The van der Waals surface area contributed by atoms with Crippen molar-refractivity contribution < 1.29 is 18.7 Å². The molecule has 2 aromatic rings. The van der Waals surface area contributed by atoms with Crippen molar-refractivity contribution >= 4 is 11.9 Å². The molecule has 29 heavy (non-hydrogen) atoms. The third-order valence-corrected chi connectivity index (χ3v) is 5.91.